The molecule has 0 aliphatic carbocycles. The van der Waals surface area contributed by atoms with E-state index in [9.17, 15) is 18.4 Å². The molecule has 0 fully saturated rings. The first-order valence-electron chi connectivity index (χ1n) is 10.3. The lowest BCUT2D eigenvalue weighted by Gasteiger charge is -2.16. The molecule has 3 N–H and O–H groups in total. The van der Waals surface area contributed by atoms with Crippen LogP contribution in [0, 0.1) is 11.6 Å². The fraction of sp³-hybridized carbons (Fsp3) is 0.174. The summed E-state index contributed by atoms with van der Waals surface area (Å²) < 4.78 is 27.9. The van der Waals surface area contributed by atoms with Gasteiger partial charge in [0.2, 0.25) is 5.91 Å². The number of pyridine rings is 1. The molecular formula is C23H20F2N6O3. The first kappa shape index (κ1) is 22.9. The number of hydrogen-bond donors (Lipinski definition) is 3. The molecule has 0 radical (unpaired) electrons. The van der Waals surface area contributed by atoms with Gasteiger partial charge in [-0.1, -0.05) is 23.4 Å². The van der Waals surface area contributed by atoms with E-state index in [1.54, 1.807) is 17.9 Å². The molecule has 0 aliphatic rings. The van der Waals surface area contributed by atoms with Gasteiger partial charge in [-0.2, -0.15) is 0 Å². The number of benzene rings is 2. The Kier molecular flexibility index (Phi) is 6.83. The minimum atomic E-state index is -1.12. The zero-order chi connectivity index (χ0) is 24.1. The van der Waals surface area contributed by atoms with Crippen LogP contribution in [0.5, 0.6) is 0 Å². The number of halogens is 2. The summed E-state index contributed by atoms with van der Waals surface area (Å²) in [7, 11) is 0. The van der Waals surface area contributed by atoms with Crippen molar-refractivity contribution >= 4 is 22.7 Å². The van der Waals surface area contributed by atoms with Crippen molar-refractivity contribution in [3.05, 3.63) is 89.4 Å². The molecule has 1 atom stereocenters. The Bertz CT molecular complexity index is 1340. The molecule has 34 heavy (non-hydrogen) atoms. The van der Waals surface area contributed by atoms with Crippen LogP contribution in [0.3, 0.4) is 0 Å². The highest BCUT2D eigenvalue weighted by Crippen LogP contribution is 2.20. The van der Waals surface area contributed by atoms with Gasteiger partial charge >= 0.3 is 0 Å². The number of hydrogen-bond acceptors (Lipinski definition) is 6. The average Bonchev–Trinajstić information content (AvgIpc) is 3.32. The van der Waals surface area contributed by atoms with Crippen LogP contribution in [0.25, 0.3) is 10.9 Å². The molecule has 0 saturated heterocycles. The van der Waals surface area contributed by atoms with E-state index < -0.39 is 29.5 Å². The molecule has 4 rings (SSSR count). The van der Waals surface area contributed by atoms with Gasteiger partial charge in [0.1, 0.15) is 5.69 Å². The van der Waals surface area contributed by atoms with Gasteiger partial charge in [0.05, 0.1) is 30.7 Å². The van der Waals surface area contributed by atoms with Crippen molar-refractivity contribution in [3.63, 3.8) is 0 Å². The summed E-state index contributed by atoms with van der Waals surface area (Å²) in [5.41, 5.74) is 3.68. The smallest absolute Gasteiger partial charge is 0.251 e. The lowest BCUT2D eigenvalue weighted by molar-refractivity contribution is -0.130. The van der Waals surface area contributed by atoms with Crippen molar-refractivity contribution in [1.29, 1.82) is 0 Å². The third-order valence-electron chi connectivity index (χ3n) is 5.21. The fourth-order valence-electron chi connectivity index (χ4n) is 3.50. The molecule has 2 heterocycles. The maximum Gasteiger partial charge on any atom is 0.251 e. The molecule has 2 aromatic heterocycles. The second-order valence-electron chi connectivity index (χ2n) is 7.63. The third-order valence-corrected chi connectivity index (χ3v) is 5.21. The molecule has 0 unspecified atom stereocenters. The van der Waals surface area contributed by atoms with Crippen LogP contribution in [-0.2, 0) is 17.8 Å². The quantitative estimate of drug-likeness (QED) is 0.271. The number of fused-ring (bicyclic) bond motifs is 1. The highest BCUT2D eigenvalue weighted by Gasteiger charge is 2.19. The molecular weight excluding hydrogens is 446 g/mol. The van der Waals surface area contributed by atoms with Crippen LogP contribution in [0.1, 0.15) is 34.1 Å². The van der Waals surface area contributed by atoms with Crippen molar-refractivity contribution in [2.24, 2.45) is 0 Å². The minimum absolute atomic E-state index is 0.0196. The van der Waals surface area contributed by atoms with E-state index in [-0.39, 0.29) is 18.5 Å². The minimum Gasteiger partial charge on any atom is -0.346 e. The summed E-state index contributed by atoms with van der Waals surface area (Å²) in [6.07, 6.45) is 3.59. The topological polar surface area (TPSA) is 122 Å². The van der Waals surface area contributed by atoms with Gasteiger partial charge in [-0.15, -0.1) is 5.10 Å². The van der Waals surface area contributed by atoms with Crippen LogP contribution in [-0.4, -0.2) is 37.0 Å². The molecule has 0 bridgehead atoms. The van der Waals surface area contributed by atoms with Crippen molar-refractivity contribution in [3.8, 4) is 0 Å². The number of rotatable bonds is 8. The maximum absolute atomic E-state index is 13.4. The van der Waals surface area contributed by atoms with Gasteiger partial charge in [-0.25, -0.2) is 18.9 Å². The van der Waals surface area contributed by atoms with Gasteiger partial charge in [0, 0.05) is 17.1 Å². The summed E-state index contributed by atoms with van der Waals surface area (Å²) in [6, 6.07) is 12.0. The number of carbonyl (C=O) groups excluding carboxylic acids is 2. The Balaban J connectivity index is 1.47. The van der Waals surface area contributed by atoms with E-state index in [1.165, 1.54) is 10.7 Å². The number of amides is 2. The highest BCUT2D eigenvalue weighted by molar-refractivity contribution is 5.94. The highest BCUT2D eigenvalue weighted by atomic mass is 19.2. The summed E-state index contributed by atoms with van der Waals surface area (Å²) in [5.74, 6) is -3.36. The summed E-state index contributed by atoms with van der Waals surface area (Å²) in [4.78, 5) is 28.5. The first-order valence-corrected chi connectivity index (χ1v) is 10.3. The number of carbonyl (C=O) groups is 2. The summed E-state index contributed by atoms with van der Waals surface area (Å²) >= 11 is 0. The first-order chi connectivity index (χ1) is 16.4. The summed E-state index contributed by atoms with van der Waals surface area (Å²) in [6.45, 7) is -0.0196. The van der Waals surface area contributed by atoms with E-state index in [1.807, 2.05) is 30.3 Å². The zero-order valence-electron chi connectivity index (χ0n) is 17.8. The van der Waals surface area contributed by atoms with Crippen LogP contribution in [0.2, 0.25) is 0 Å². The monoisotopic (exact) mass is 466 g/mol. The Morgan fingerprint density at radius 3 is 2.71 bits per heavy atom. The molecule has 4 aromatic rings. The predicted octanol–water partition coefficient (Wildman–Crippen LogP) is 2.71. The third kappa shape index (κ3) is 5.38. The van der Waals surface area contributed by atoms with Crippen molar-refractivity contribution in [2.45, 2.75) is 25.4 Å². The van der Waals surface area contributed by atoms with Gasteiger partial charge in [-0.05, 0) is 42.3 Å². The van der Waals surface area contributed by atoms with E-state index in [4.69, 9.17) is 5.21 Å². The largest absolute Gasteiger partial charge is 0.346 e. The Morgan fingerprint density at radius 2 is 1.91 bits per heavy atom. The molecule has 0 aliphatic heterocycles. The van der Waals surface area contributed by atoms with E-state index in [0.29, 0.717) is 12.1 Å². The average molecular weight is 466 g/mol. The zero-order valence-corrected chi connectivity index (χ0v) is 17.8. The molecule has 174 valence electrons. The lowest BCUT2D eigenvalue weighted by atomic mass is 10.0. The van der Waals surface area contributed by atoms with Crippen molar-refractivity contribution in [2.75, 3.05) is 0 Å². The molecule has 2 aromatic carbocycles. The normalized spacial score (nSPS) is 11.9. The van der Waals surface area contributed by atoms with E-state index in [2.05, 4.69) is 20.6 Å². The number of nitrogens with one attached hydrogen (secondary N) is 2. The lowest BCUT2D eigenvalue weighted by Crippen LogP contribution is -2.25. The molecule has 9 nitrogen and oxygen atoms in total. The van der Waals surface area contributed by atoms with Crippen LogP contribution in [0.4, 0.5) is 8.78 Å². The second kappa shape index (κ2) is 10.1. The molecule has 11 heteroatoms. The van der Waals surface area contributed by atoms with Gasteiger partial charge in [-0.3, -0.25) is 19.8 Å². The molecule has 0 saturated carbocycles. The number of nitrogens with zero attached hydrogens (tertiary/aromatic N) is 4. The van der Waals surface area contributed by atoms with Crippen LogP contribution < -0.4 is 10.8 Å². The Morgan fingerprint density at radius 1 is 1.09 bits per heavy atom. The van der Waals surface area contributed by atoms with Gasteiger partial charge in [0.15, 0.2) is 11.6 Å². The van der Waals surface area contributed by atoms with Crippen molar-refractivity contribution in [1.82, 2.24) is 30.8 Å². The van der Waals surface area contributed by atoms with Gasteiger partial charge in [0.25, 0.3) is 5.91 Å². The standard InChI is InChI=1S/C23H20F2N6O3/c24-19-6-5-16(9-20(19)25)23(33)27-12-17-13-31(30-28-17)18(10-22(32)29-34)8-14-7-15-3-1-2-4-21(15)26-11-14/h1-7,9,11,13,18,34H,8,10,12H2,(H,27,33)(H,29,32)/t18-/m1/s1. The van der Waals surface area contributed by atoms with E-state index in [0.717, 1.165) is 28.6 Å². The maximum atomic E-state index is 13.4. The van der Waals surface area contributed by atoms with E-state index >= 15 is 0 Å². The summed E-state index contributed by atoms with van der Waals surface area (Å²) in [5, 5.41) is 20.6. The fourth-order valence-corrected chi connectivity index (χ4v) is 3.50. The second-order valence-corrected chi connectivity index (χ2v) is 7.63. The van der Waals surface area contributed by atoms with Gasteiger partial charge < -0.3 is 5.32 Å². The predicted molar refractivity (Wildman–Crippen MR) is 117 cm³/mol. The molecule has 0 spiro atoms. The number of hydroxylamine groups is 1. The van der Waals surface area contributed by atoms with Crippen LogP contribution in [0.15, 0.2) is 60.9 Å². The number of para-hydroxylation sites is 1. The van der Waals surface area contributed by atoms with Crippen molar-refractivity contribution < 1.29 is 23.6 Å². The SMILES string of the molecule is O=C(C[C@@H](Cc1cnc2ccccc2c1)n1cc(CNC(=O)c2ccc(F)c(F)c2)nn1)NO. The van der Waals surface area contributed by atoms with Crippen LogP contribution >= 0.6 is 0 Å². The number of aromatic nitrogens is 4. The Hall–Kier alpha value is -4.25. The molecule has 2 amide bonds. The Labute approximate surface area is 192 Å².